The van der Waals surface area contributed by atoms with Crippen LogP contribution in [0.25, 0.3) is 32.3 Å². The van der Waals surface area contributed by atoms with Gasteiger partial charge in [0.15, 0.2) is 0 Å². The molecule has 3 heteroatoms. The van der Waals surface area contributed by atoms with Gasteiger partial charge in [-0.1, -0.05) is 103 Å². The first-order valence-electron chi connectivity index (χ1n) is 14.7. The van der Waals surface area contributed by atoms with Crippen molar-refractivity contribution in [3.8, 4) is 0 Å². The summed E-state index contributed by atoms with van der Waals surface area (Å²) in [6.45, 7) is 4.85. The number of amides is 1. The van der Waals surface area contributed by atoms with E-state index in [1.807, 2.05) is 35.2 Å². The number of anilines is 2. The average Bonchev–Trinajstić information content (AvgIpc) is 3.01. The van der Waals surface area contributed by atoms with Crippen molar-refractivity contribution in [2.45, 2.75) is 38.8 Å². The minimum Gasteiger partial charge on any atom is -0.368 e. The Morgan fingerprint density at radius 1 is 0.732 bits per heavy atom. The molecule has 7 rings (SSSR count). The lowest BCUT2D eigenvalue weighted by Gasteiger charge is -2.45. The molecule has 202 valence electrons. The first-order valence-corrected chi connectivity index (χ1v) is 14.7. The lowest BCUT2D eigenvalue weighted by Crippen LogP contribution is -2.47. The Morgan fingerprint density at radius 2 is 1.39 bits per heavy atom. The van der Waals surface area contributed by atoms with Gasteiger partial charge in [-0.2, -0.15) is 0 Å². The fourth-order valence-corrected chi connectivity index (χ4v) is 7.05. The topological polar surface area (TPSA) is 23.6 Å². The van der Waals surface area contributed by atoms with Crippen molar-refractivity contribution in [3.63, 3.8) is 0 Å². The second-order valence-electron chi connectivity index (χ2n) is 11.2. The third-order valence-electron chi connectivity index (χ3n) is 8.84. The highest BCUT2D eigenvalue weighted by atomic mass is 16.2. The summed E-state index contributed by atoms with van der Waals surface area (Å²) in [5.41, 5.74) is 4.74. The zero-order valence-electron chi connectivity index (χ0n) is 23.6. The van der Waals surface area contributed by atoms with E-state index in [-0.39, 0.29) is 18.0 Å². The van der Waals surface area contributed by atoms with Crippen molar-refractivity contribution in [3.05, 3.63) is 132 Å². The molecule has 0 saturated heterocycles. The van der Waals surface area contributed by atoms with Gasteiger partial charge in [0.25, 0.3) is 0 Å². The number of hydrogen-bond donors (Lipinski definition) is 0. The normalized spacial score (nSPS) is 16.7. The van der Waals surface area contributed by atoms with Crippen LogP contribution in [-0.2, 0) is 11.2 Å². The zero-order valence-corrected chi connectivity index (χ0v) is 23.6. The standard InChI is InChI=1S/C38H34N2O/c1-3-39-31(25-38(36-15-9-10-16-37(36)39)40(26(2)41)30-12-5-4-6-13-30)24-27-17-20-33-29(23-27)19-22-34-32-14-8-7-11-28(32)18-21-35(33)34/h4-23,31,38H,3,24-25H2,1-2H3. The molecule has 1 heterocycles. The Balaban J connectivity index is 1.27. The third-order valence-corrected chi connectivity index (χ3v) is 8.84. The van der Waals surface area contributed by atoms with Crippen LogP contribution in [0, 0.1) is 0 Å². The smallest absolute Gasteiger partial charge is 0.224 e. The van der Waals surface area contributed by atoms with E-state index in [2.05, 4.69) is 103 Å². The summed E-state index contributed by atoms with van der Waals surface area (Å²) in [5, 5.41) is 7.75. The van der Waals surface area contributed by atoms with Crippen LogP contribution in [0.5, 0.6) is 0 Å². The Bertz CT molecular complexity index is 1890. The SMILES string of the molecule is CCN1c2ccccc2C(N(C(C)=O)c2ccccc2)CC1Cc1ccc2c(ccc3c4ccccc4ccc23)c1. The van der Waals surface area contributed by atoms with Crippen LogP contribution in [0.15, 0.2) is 121 Å². The Labute approximate surface area is 241 Å². The van der Waals surface area contributed by atoms with Gasteiger partial charge >= 0.3 is 0 Å². The minimum absolute atomic E-state index is 0.0171. The molecular weight excluding hydrogens is 500 g/mol. The van der Waals surface area contributed by atoms with Crippen LogP contribution >= 0.6 is 0 Å². The monoisotopic (exact) mass is 534 g/mol. The summed E-state index contributed by atoms with van der Waals surface area (Å²) >= 11 is 0. The number of benzene rings is 6. The van der Waals surface area contributed by atoms with Gasteiger partial charge in [-0.15, -0.1) is 0 Å². The molecule has 0 radical (unpaired) electrons. The van der Waals surface area contributed by atoms with Crippen molar-refractivity contribution in [1.29, 1.82) is 0 Å². The fourth-order valence-electron chi connectivity index (χ4n) is 7.05. The van der Waals surface area contributed by atoms with Crippen molar-refractivity contribution in [1.82, 2.24) is 0 Å². The molecule has 2 atom stereocenters. The molecule has 0 bridgehead atoms. The maximum atomic E-state index is 13.1. The van der Waals surface area contributed by atoms with Gasteiger partial charge in [-0.25, -0.2) is 0 Å². The molecule has 1 aliphatic rings. The summed E-state index contributed by atoms with van der Waals surface area (Å²) in [6.07, 6.45) is 1.80. The molecule has 0 spiro atoms. The van der Waals surface area contributed by atoms with Crippen molar-refractivity contribution >= 4 is 49.6 Å². The number of para-hydroxylation sites is 2. The summed E-state index contributed by atoms with van der Waals surface area (Å²) in [6, 6.07) is 43.6. The van der Waals surface area contributed by atoms with E-state index in [4.69, 9.17) is 0 Å². The Kier molecular flexibility index (Phi) is 6.43. The second kappa shape index (κ2) is 10.4. The molecule has 41 heavy (non-hydrogen) atoms. The van der Waals surface area contributed by atoms with Crippen LogP contribution in [0.3, 0.4) is 0 Å². The number of carbonyl (C=O) groups excluding carboxylic acids is 1. The highest BCUT2D eigenvalue weighted by molar-refractivity contribution is 6.17. The van der Waals surface area contributed by atoms with E-state index >= 15 is 0 Å². The van der Waals surface area contributed by atoms with Gasteiger partial charge in [0.1, 0.15) is 0 Å². The largest absolute Gasteiger partial charge is 0.368 e. The van der Waals surface area contributed by atoms with Gasteiger partial charge in [-0.05, 0) is 81.4 Å². The molecule has 1 aliphatic heterocycles. The molecule has 0 fully saturated rings. The van der Waals surface area contributed by atoms with Gasteiger partial charge in [0, 0.05) is 30.9 Å². The predicted molar refractivity (Wildman–Crippen MR) is 173 cm³/mol. The molecule has 0 aromatic heterocycles. The van der Waals surface area contributed by atoms with E-state index in [0.717, 1.165) is 25.1 Å². The molecule has 0 saturated carbocycles. The summed E-state index contributed by atoms with van der Waals surface area (Å²) in [4.78, 5) is 17.6. The number of fused-ring (bicyclic) bond motifs is 6. The van der Waals surface area contributed by atoms with Gasteiger partial charge in [0.05, 0.1) is 6.04 Å². The second-order valence-corrected chi connectivity index (χ2v) is 11.2. The number of hydrogen-bond acceptors (Lipinski definition) is 2. The van der Waals surface area contributed by atoms with Crippen LogP contribution in [0.4, 0.5) is 11.4 Å². The predicted octanol–water partition coefficient (Wildman–Crippen LogP) is 9.08. The van der Waals surface area contributed by atoms with E-state index in [0.29, 0.717) is 0 Å². The highest BCUT2D eigenvalue weighted by Gasteiger charge is 2.36. The summed E-state index contributed by atoms with van der Waals surface area (Å²) in [7, 11) is 0. The molecule has 3 nitrogen and oxygen atoms in total. The van der Waals surface area contributed by atoms with E-state index in [1.165, 1.54) is 49.1 Å². The van der Waals surface area contributed by atoms with Gasteiger partial charge < -0.3 is 9.80 Å². The first-order chi connectivity index (χ1) is 20.1. The summed E-state index contributed by atoms with van der Waals surface area (Å²) < 4.78 is 0. The molecule has 6 aromatic carbocycles. The number of rotatable bonds is 5. The van der Waals surface area contributed by atoms with E-state index in [9.17, 15) is 4.79 Å². The van der Waals surface area contributed by atoms with Gasteiger partial charge in [0.2, 0.25) is 5.91 Å². The highest BCUT2D eigenvalue weighted by Crippen LogP contribution is 2.43. The average molecular weight is 535 g/mol. The number of likely N-dealkylation sites (N-methyl/N-ethyl adjacent to an activating group) is 1. The fraction of sp³-hybridized carbons (Fsp3) is 0.184. The molecular formula is C38H34N2O. The van der Waals surface area contributed by atoms with Crippen LogP contribution in [-0.4, -0.2) is 18.5 Å². The van der Waals surface area contributed by atoms with Crippen LogP contribution in [0.1, 0.15) is 37.4 Å². The Hall–Kier alpha value is -4.63. The maximum absolute atomic E-state index is 13.1. The summed E-state index contributed by atoms with van der Waals surface area (Å²) in [5.74, 6) is 0.0739. The van der Waals surface area contributed by atoms with E-state index in [1.54, 1.807) is 6.92 Å². The maximum Gasteiger partial charge on any atom is 0.224 e. The third kappa shape index (κ3) is 4.42. The zero-order chi connectivity index (χ0) is 27.9. The van der Waals surface area contributed by atoms with Crippen LogP contribution in [0.2, 0.25) is 0 Å². The molecule has 0 aliphatic carbocycles. The first kappa shape index (κ1) is 25.3. The lowest BCUT2D eigenvalue weighted by molar-refractivity contribution is -0.117. The molecule has 6 aromatic rings. The van der Waals surface area contributed by atoms with Crippen molar-refractivity contribution < 1.29 is 4.79 Å². The number of nitrogens with zero attached hydrogens (tertiary/aromatic N) is 2. The molecule has 2 unspecified atom stereocenters. The van der Waals surface area contributed by atoms with E-state index < -0.39 is 0 Å². The Morgan fingerprint density at radius 3 is 2.17 bits per heavy atom. The minimum atomic E-state index is -0.0171. The quantitative estimate of drug-likeness (QED) is 0.206. The van der Waals surface area contributed by atoms with Crippen molar-refractivity contribution in [2.75, 3.05) is 16.3 Å². The molecule has 0 N–H and O–H groups in total. The van der Waals surface area contributed by atoms with Crippen LogP contribution < -0.4 is 9.80 Å². The number of carbonyl (C=O) groups is 1. The molecule has 1 amide bonds. The van der Waals surface area contributed by atoms with Gasteiger partial charge in [-0.3, -0.25) is 4.79 Å². The lowest BCUT2D eigenvalue weighted by atomic mass is 9.86. The van der Waals surface area contributed by atoms with Crippen molar-refractivity contribution in [2.24, 2.45) is 0 Å².